The number of amides is 2. The number of carbonyl (C=O) groups is 1. The first-order valence-corrected chi connectivity index (χ1v) is 11.9. The van der Waals surface area contributed by atoms with Crippen molar-refractivity contribution in [3.8, 4) is 0 Å². The fourth-order valence-corrected chi connectivity index (χ4v) is 5.07. The zero-order chi connectivity index (χ0) is 22.9. The van der Waals surface area contributed by atoms with Crippen molar-refractivity contribution < 1.29 is 17.6 Å². The lowest BCUT2D eigenvalue weighted by atomic mass is 10.2. The quantitative estimate of drug-likeness (QED) is 0.327. The summed E-state index contributed by atoms with van der Waals surface area (Å²) in [5, 5.41) is 5.31. The molecule has 0 spiro atoms. The van der Waals surface area contributed by atoms with Crippen LogP contribution >= 0.6 is 22.9 Å². The fraction of sp³-hybridized carbons (Fsp3) is 0.0476. The summed E-state index contributed by atoms with van der Waals surface area (Å²) in [6, 6.07) is 14.8. The molecule has 0 bridgehead atoms. The molecular weight excluding hydrogens is 475 g/mol. The molecule has 4 rings (SSSR count). The highest BCUT2D eigenvalue weighted by atomic mass is 35.5. The maximum atomic E-state index is 13.2. The number of benzene rings is 3. The summed E-state index contributed by atoms with van der Waals surface area (Å²) in [5.41, 5.74) is 2.24. The molecule has 0 radical (unpaired) electrons. The lowest BCUT2D eigenvalue weighted by Gasteiger charge is -2.08. The minimum atomic E-state index is -3.77. The van der Waals surface area contributed by atoms with Gasteiger partial charge in [0.15, 0.2) is 5.13 Å². The Kier molecular flexibility index (Phi) is 6.00. The van der Waals surface area contributed by atoms with Crippen LogP contribution in [-0.2, 0) is 10.0 Å². The molecule has 0 aliphatic heterocycles. The van der Waals surface area contributed by atoms with Crippen LogP contribution in [0.3, 0.4) is 0 Å². The van der Waals surface area contributed by atoms with E-state index in [0.717, 1.165) is 16.3 Å². The van der Waals surface area contributed by atoms with E-state index in [-0.39, 0.29) is 15.0 Å². The Labute approximate surface area is 192 Å². The van der Waals surface area contributed by atoms with Crippen molar-refractivity contribution in [1.82, 2.24) is 4.98 Å². The third kappa shape index (κ3) is 4.98. The first-order valence-electron chi connectivity index (χ1n) is 9.23. The SMILES string of the molecule is Cc1ccc(S(=O)(=O)Nc2nc3cc(NC(=O)Nc4ccc(F)c(Cl)c4)ccc3s2)cc1. The van der Waals surface area contributed by atoms with Crippen molar-refractivity contribution in [2.75, 3.05) is 15.4 Å². The Morgan fingerprint density at radius 2 is 1.66 bits per heavy atom. The minimum Gasteiger partial charge on any atom is -0.308 e. The Hall–Kier alpha value is -3.21. The largest absolute Gasteiger partial charge is 0.323 e. The van der Waals surface area contributed by atoms with Crippen LogP contribution in [0.5, 0.6) is 0 Å². The topological polar surface area (TPSA) is 100 Å². The Morgan fingerprint density at radius 3 is 2.34 bits per heavy atom. The second-order valence-electron chi connectivity index (χ2n) is 6.83. The predicted octanol–water partition coefficient (Wildman–Crippen LogP) is 5.84. The van der Waals surface area contributed by atoms with Gasteiger partial charge >= 0.3 is 6.03 Å². The molecule has 164 valence electrons. The maximum Gasteiger partial charge on any atom is 0.323 e. The first-order chi connectivity index (χ1) is 15.2. The highest BCUT2D eigenvalue weighted by Gasteiger charge is 2.17. The van der Waals surface area contributed by atoms with Crippen molar-refractivity contribution >= 4 is 65.7 Å². The van der Waals surface area contributed by atoms with Crippen molar-refractivity contribution in [1.29, 1.82) is 0 Å². The lowest BCUT2D eigenvalue weighted by molar-refractivity contribution is 0.262. The van der Waals surface area contributed by atoms with E-state index >= 15 is 0 Å². The lowest BCUT2D eigenvalue weighted by Crippen LogP contribution is -2.19. The molecule has 0 aliphatic rings. The van der Waals surface area contributed by atoms with Crippen molar-refractivity contribution in [2.24, 2.45) is 0 Å². The molecule has 0 aliphatic carbocycles. The molecule has 0 saturated heterocycles. The van der Waals surface area contributed by atoms with Crippen LogP contribution in [0.25, 0.3) is 10.2 Å². The zero-order valence-electron chi connectivity index (χ0n) is 16.5. The summed E-state index contributed by atoms with van der Waals surface area (Å²) < 4.78 is 41.6. The van der Waals surface area contributed by atoms with E-state index in [1.807, 2.05) is 6.92 Å². The van der Waals surface area contributed by atoms with Crippen LogP contribution < -0.4 is 15.4 Å². The van der Waals surface area contributed by atoms with Gasteiger partial charge in [0.2, 0.25) is 0 Å². The smallest absolute Gasteiger partial charge is 0.308 e. The van der Waals surface area contributed by atoms with Crippen LogP contribution in [0.15, 0.2) is 65.6 Å². The van der Waals surface area contributed by atoms with Crippen molar-refractivity contribution in [3.05, 3.63) is 77.1 Å². The van der Waals surface area contributed by atoms with Crippen LogP contribution in [0, 0.1) is 12.7 Å². The van der Waals surface area contributed by atoms with E-state index in [1.165, 1.54) is 35.6 Å². The second-order valence-corrected chi connectivity index (χ2v) is 9.95. The van der Waals surface area contributed by atoms with Gasteiger partial charge in [0.05, 0.1) is 20.1 Å². The number of aryl methyl sites for hydroxylation is 1. The number of hydrogen-bond donors (Lipinski definition) is 3. The molecule has 2 amide bonds. The number of thiazole rings is 1. The molecule has 32 heavy (non-hydrogen) atoms. The molecule has 11 heteroatoms. The highest BCUT2D eigenvalue weighted by molar-refractivity contribution is 7.93. The van der Waals surface area contributed by atoms with Gasteiger partial charge in [-0.3, -0.25) is 4.72 Å². The summed E-state index contributed by atoms with van der Waals surface area (Å²) in [5.74, 6) is -0.583. The third-order valence-corrected chi connectivity index (χ3v) is 7.10. The van der Waals surface area contributed by atoms with Gasteiger partial charge < -0.3 is 10.6 Å². The average molecular weight is 491 g/mol. The molecule has 0 saturated carbocycles. The molecule has 0 fully saturated rings. The second kappa shape index (κ2) is 8.73. The molecule has 0 unspecified atom stereocenters. The molecule has 1 aromatic heterocycles. The monoisotopic (exact) mass is 490 g/mol. The van der Waals surface area contributed by atoms with Gasteiger partial charge in [-0.2, -0.15) is 0 Å². The number of carbonyl (C=O) groups excluding carboxylic acids is 1. The number of rotatable bonds is 5. The van der Waals surface area contributed by atoms with Gasteiger partial charge in [-0.1, -0.05) is 40.6 Å². The molecule has 0 atom stereocenters. The molecule has 3 aromatic carbocycles. The molecule has 1 heterocycles. The molecule has 3 N–H and O–H groups in total. The van der Waals surface area contributed by atoms with E-state index < -0.39 is 21.9 Å². The normalized spacial score (nSPS) is 11.3. The zero-order valence-corrected chi connectivity index (χ0v) is 18.9. The van der Waals surface area contributed by atoms with Crippen molar-refractivity contribution in [3.63, 3.8) is 0 Å². The summed E-state index contributed by atoms with van der Waals surface area (Å²) in [4.78, 5) is 16.7. The Balaban J connectivity index is 1.48. The number of fused-ring (bicyclic) bond motifs is 1. The van der Waals surface area contributed by atoms with E-state index in [9.17, 15) is 17.6 Å². The average Bonchev–Trinajstić information content (AvgIpc) is 3.11. The minimum absolute atomic E-state index is 0.104. The van der Waals surface area contributed by atoms with Gasteiger partial charge in [-0.05, 0) is 55.5 Å². The summed E-state index contributed by atoms with van der Waals surface area (Å²) in [6.07, 6.45) is 0. The van der Waals surface area contributed by atoms with Gasteiger partial charge in [0, 0.05) is 11.4 Å². The number of urea groups is 1. The number of halogens is 2. The third-order valence-electron chi connectivity index (χ3n) is 4.38. The number of nitrogens with zero attached hydrogens (tertiary/aromatic N) is 1. The van der Waals surface area contributed by atoms with Gasteiger partial charge in [-0.25, -0.2) is 22.6 Å². The summed E-state index contributed by atoms with van der Waals surface area (Å²) in [7, 11) is -3.77. The standard InChI is InChI=1S/C21H16ClFN4O3S2/c1-12-2-6-15(7-3-12)32(29,30)27-21-26-18-11-14(5-9-19(18)31-21)25-20(28)24-13-4-8-17(23)16(22)10-13/h2-11H,1H3,(H,26,27)(H2,24,25,28). The fourth-order valence-electron chi connectivity index (χ4n) is 2.81. The van der Waals surface area contributed by atoms with Crippen LogP contribution in [0.4, 0.5) is 25.7 Å². The van der Waals surface area contributed by atoms with E-state index in [4.69, 9.17) is 11.6 Å². The van der Waals surface area contributed by atoms with Gasteiger partial charge in [-0.15, -0.1) is 0 Å². The van der Waals surface area contributed by atoms with E-state index in [0.29, 0.717) is 16.9 Å². The van der Waals surface area contributed by atoms with Gasteiger partial charge in [0.25, 0.3) is 10.0 Å². The number of anilines is 3. The first kappa shape index (κ1) is 22.0. The predicted molar refractivity (Wildman–Crippen MR) is 126 cm³/mol. The molecule has 4 aromatic rings. The summed E-state index contributed by atoms with van der Waals surface area (Å²) in [6.45, 7) is 1.87. The molecule has 7 nitrogen and oxygen atoms in total. The summed E-state index contributed by atoms with van der Waals surface area (Å²) >= 11 is 6.89. The van der Waals surface area contributed by atoms with Crippen LogP contribution in [0.1, 0.15) is 5.56 Å². The van der Waals surface area contributed by atoms with E-state index in [1.54, 1.807) is 30.3 Å². The Morgan fingerprint density at radius 1 is 1.00 bits per heavy atom. The van der Waals surface area contributed by atoms with Gasteiger partial charge in [0.1, 0.15) is 5.82 Å². The van der Waals surface area contributed by atoms with Crippen LogP contribution in [0.2, 0.25) is 5.02 Å². The van der Waals surface area contributed by atoms with Crippen molar-refractivity contribution in [2.45, 2.75) is 11.8 Å². The molecular formula is C21H16ClFN4O3S2. The highest BCUT2D eigenvalue weighted by Crippen LogP contribution is 2.30. The number of sulfonamides is 1. The number of hydrogen-bond acceptors (Lipinski definition) is 5. The van der Waals surface area contributed by atoms with E-state index in [2.05, 4.69) is 20.3 Å². The van der Waals surface area contributed by atoms with Crippen LogP contribution in [-0.4, -0.2) is 19.4 Å². The number of aromatic nitrogens is 1. The Bertz CT molecular complexity index is 1420. The number of nitrogens with one attached hydrogen (secondary N) is 3. The maximum absolute atomic E-state index is 13.2.